The van der Waals surface area contributed by atoms with E-state index in [0.29, 0.717) is 12.3 Å². The highest BCUT2D eigenvalue weighted by atomic mass is 16.5. The molecule has 0 unspecified atom stereocenters. The van der Waals surface area contributed by atoms with Gasteiger partial charge in [0, 0.05) is 37.5 Å². The molecule has 0 saturated heterocycles. The Bertz CT molecular complexity index is 348. The van der Waals surface area contributed by atoms with Gasteiger partial charge in [0.15, 0.2) is 0 Å². The van der Waals surface area contributed by atoms with Crippen molar-refractivity contribution in [1.29, 1.82) is 0 Å². The second-order valence-corrected chi connectivity index (χ2v) is 2.68. The quantitative estimate of drug-likeness (QED) is 0.525. The van der Waals surface area contributed by atoms with Crippen molar-refractivity contribution in [3.05, 3.63) is 23.4 Å². The van der Waals surface area contributed by atoms with Crippen LogP contribution in [0.25, 0.3) is 0 Å². The summed E-state index contributed by atoms with van der Waals surface area (Å²) in [6.45, 7) is 0. The van der Waals surface area contributed by atoms with Crippen LogP contribution in [-0.4, -0.2) is 31.6 Å². The molecule has 0 aliphatic carbocycles. The Morgan fingerprint density at radius 1 is 1.64 bits per heavy atom. The van der Waals surface area contributed by atoms with Gasteiger partial charge in [0.25, 0.3) is 0 Å². The van der Waals surface area contributed by atoms with E-state index in [1.165, 1.54) is 0 Å². The van der Waals surface area contributed by atoms with Crippen molar-refractivity contribution in [3.63, 3.8) is 0 Å². The lowest BCUT2D eigenvalue weighted by atomic mass is 10.1. The van der Waals surface area contributed by atoms with Crippen LogP contribution in [0.15, 0.2) is 17.3 Å². The summed E-state index contributed by atoms with van der Waals surface area (Å²) in [7, 11) is 3.22. The van der Waals surface area contributed by atoms with Crippen LogP contribution >= 0.6 is 0 Å². The van der Waals surface area contributed by atoms with Gasteiger partial charge >= 0.3 is 0 Å². The fourth-order valence-corrected chi connectivity index (χ4v) is 1.12. The first kappa shape index (κ1) is 10.4. The van der Waals surface area contributed by atoms with Gasteiger partial charge in [-0.2, -0.15) is 0 Å². The molecule has 1 rings (SSSR count). The summed E-state index contributed by atoms with van der Waals surface area (Å²) in [6, 6.07) is 1.74. The van der Waals surface area contributed by atoms with E-state index in [4.69, 9.17) is 4.74 Å². The highest BCUT2D eigenvalue weighted by Crippen LogP contribution is 2.12. The van der Waals surface area contributed by atoms with Gasteiger partial charge in [-0.1, -0.05) is 0 Å². The summed E-state index contributed by atoms with van der Waals surface area (Å²) in [5, 5.41) is 0. The summed E-state index contributed by atoms with van der Waals surface area (Å²) in [4.78, 5) is 18.3. The Labute approximate surface area is 82.6 Å². The fourth-order valence-electron chi connectivity index (χ4n) is 1.12. The number of carbonyl (C=O) groups is 1. The Balaban J connectivity index is 3.09. The number of hydrogen-bond donors (Lipinski definition) is 0. The SMILES string of the molecule is C/N=C/c1cnc(OC)cc1CC=O. The third kappa shape index (κ3) is 2.39. The normalized spacial score (nSPS) is 10.4. The van der Waals surface area contributed by atoms with E-state index in [1.54, 1.807) is 32.6 Å². The predicted octanol–water partition coefficient (Wildman–Crippen LogP) is 0.880. The topological polar surface area (TPSA) is 51.6 Å². The average Bonchev–Trinajstić information content (AvgIpc) is 2.21. The first-order valence-electron chi connectivity index (χ1n) is 4.20. The molecule has 0 bridgehead atoms. The zero-order valence-electron chi connectivity index (χ0n) is 8.23. The number of rotatable bonds is 4. The van der Waals surface area contributed by atoms with E-state index < -0.39 is 0 Å². The van der Waals surface area contributed by atoms with Crippen LogP contribution in [0.1, 0.15) is 11.1 Å². The van der Waals surface area contributed by atoms with Gasteiger partial charge in [-0.15, -0.1) is 0 Å². The van der Waals surface area contributed by atoms with Gasteiger partial charge in [0.05, 0.1) is 7.11 Å². The number of hydrogen-bond acceptors (Lipinski definition) is 4. The number of carbonyl (C=O) groups excluding carboxylic acids is 1. The van der Waals surface area contributed by atoms with E-state index >= 15 is 0 Å². The van der Waals surface area contributed by atoms with Crippen LogP contribution < -0.4 is 4.74 Å². The number of ether oxygens (including phenoxy) is 1. The minimum absolute atomic E-state index is 0.347. The molecule has 0 radical (unpaired) electrons. The molecule has 4 nitrogen and oxygen atoms in total. The van der Waals surface area contributed by atoms with Gasteiger partial charge in [0.1, 0.15) is 6.29 Å². The minimum Gasteiger partial charge on any atom is -0.481 e. The maximum Gasteiger partial charge on any atom is 0.213 e. The van der Waals surface area contributed by atoms with Gasteiger partial charge < -0.3 is 9.53 Å². The third-order valence-corrected chi connectivity index (χ3v) is 1.78. The summed E-state index contributed by atoms with van der Waals surface area (Å²) < 4.78 is 4.96. The molecule has 0 fully saturated rings. The van der Waals surface area contributed by atoms with Gasteiger partial charge in [0.2, 0.25) is 5.88 Å². The standard InChI is InChI=1S/C10H12N2O2/c1-11-6-9-7-12-10(14-2)5-8(9)3-4-13/h4-7H,3H2,1-2H3/b11-6+. The molecule has 0 spiro atoms. The second kappa shape index (κ2) is 5.11. The van der Waals surface area contributed by atoms with E-state index in [0.717, 1.165) is 17.4 Å². The molecule has 0 aliphatic heterocycles. The van der Waals surface area contributed by atoms with Gasteiger partial charge in [-0.05, 0) is 5.56 Å². The van der Waals surface area contributed by atoms with Crippen molar-refractivity contribution in [3.8, 4) is 5.88 Å². The zero-order chi connectivity index (χ0) is 10.4. The molecular formula is C10H12N2O2. The lowest BCUT2D eigenvalue weighted by Crippen LogP contribution is -1.98. The van der Waals surface area contributed by atoms with Crippen molar-refractivity contribution < 1.29 is 9.53 Å². The summed E-state index contributed by atoms with van der Waals surface area (Å²) >= 11 is 0. The third-order valence-electron chi connectivity index (χ3n) is 1.78. The van der Waals surface area contributed by atoms with E-state index in [2.05, 4.69) is 9.98 Å². The molecule has 74 valence electrons. The van der Waals surface area contributed by atoms with Crippen LogP contribution in [0.5, 0.6) is 5.88 Å². The van der Waals surface area contributed by atoms with Crippen LogP contribution in [0.2, 0.25) is 0 Å². The first-order chi connectivity index (χ1) is 6.81. The predicted molar refractivity (Wildman–Crippen MR) is 54.1 cm³/mol. The highest BCUT2D eigenvalue weighted by Gasteiger charge is 2.02. The molecule has 0 atom stereocenters. The Hall–Kier alpha value is -1.71. The molecule has 1 heterocycles. The van der Waals surface area contributed by atoms with E-state index in [9.17, 15) is 4.79 Å². The molecule has 0 saturated carbocycles. The lowest BCUT2D eigenvalue weighted by Gasteiger charge is -2.04. The van der Waals surface area contributed by atoms with Gasteiger partial charge in [-0.3, -0.25) is 4.99 Å². The molecule has 0 aliphatic rings. The maximum atomic E-state index is 10.4. The molecule has 0 N–H and O–H groups in total. The number of pyridine rings is 1. The van der Waals surface area contributed by atoms with Crippen molar-refractivity contribution in [2.45, 2.75) is 6.42 Å². The van der Waals surface area contributed by atoms with Crippen molar-refractivity contribution in [2.75, 3.05) is 14.2 Å². The average molecular weight is 192 g/mol. The maximum absolute atomic E-state index is 10.4. The summed E-state index contributed by atoms with van der Waals surface area (Å²) in [5.74, 6) is 0.509. The Morgan fingerprint density at radius 3 is 3.00 bits per heavy atom. The number of aromatic nitrogens is 1. The molecule has 1 aromatic heterocycles. The van der Waals surface area contributed by atoms with E-state index in [1.807, 2.05) is 0 Å². The van der Waals surface area contributed by atoms with Crippen molar-refractivity contribution >= 4 is 12.5 Å². The smallest absolute Gasteiger partial charge is 0.213 e. The number of aldehydes is 1. The monoisotopic (exact) mass is 192 g/mol. The molecular weight excluding hydrogens is 180 g/mol. The molecule has 4 heteroatoms. The number of nitrogens with zero attached hydrogens (tertiary/aromatic N) is 2. The van der Waals surface area contributed by atoms with Crippen LogP contribution in [0.4, 0.5) is 0 Å². The number of methoxy groups -OCH3 is 1. The first-order valence-corrected chi connectivity index (χ1v) is 4.20. The van der Waals surface area contributed by atoms with Crippen molar-refractivity contribution in [1.82, 2.24) is 4.98 Å². The van der Waals surface area contributed by atoms with Crippen LogP contribution in [0, 0.1) is 0 Å². The molecule has 0 amide bonds. The van der Waals surface area contributed by atoms with E-state index in [-0.39, 0.29) is 0 Å². The van der Waals surface area contributed by atoms with Crippen LogP contribution in [-0.2, 0) is 11.2 Å². The molecule has 1 aromatic rings. The second-order valence-electron chi connectivity index (χ2n) is 2.68. The zero-order valence-corrected chi connectivity index (χ0v) is 8.23. The lowest BCUT2D eigenvalue weighted by molar-refractivity contribution is -0.107. The highest BCUT2D eigenvalue weighted by molar-refractivity contribution is 5.82. The minimum atomic E-state index is 0.347. The Morgan fingerprint density at radius 2 is 2.43 bits per heavy atom. The summed E-state index contributed by atoms with van der Waals surface area (Å²) in [5.41, 5.74) is 1.72. The fraction of sp³-hybridized carbons (Fsp3) is 0.300. The van der Waals surface area contributed by atoms with Gasteiger partial charge in [-0.25, -0.2) is 4.98 Å². The Kier molecular flexibility index (Phi) is 3.79. The molecule has 0 aromatic carbocycles. The van der Waals surface area contributed by atoms with Crippen LogP contribution in [0.3, 0.4) is 0 Å². The largest absolute Gasteiger partial charge is 0.481 e. The molecule has 14 heavy (non-hydrogen) atoms. The number of aliphatic imine (C=N–C) groups is 1. The van der Waals surface area contributed by atoms with Crippen molar-refractivity contribution in [2.24, 2.45) is 4.99 Å². The summed E-state index contributed by atoms with van der Waals surface area (Å²) in [6.07, 6.45) is 4.51.